The lowest BCUT2D eigenvalue weighted by Crippen LogP contribution is -2.33. The molecule has 3 aromatic rings. The van der Waals surface area contributed by atoms with Gasteiger partial charge in [0.25, 0.3) is 0 Å². The van der Waals surface area contributed by atoms with E-state index in [1.165, 1.54) is 5.56 Å². The second kappa shape index (κ2) is 11.6. The van der Waals surface area contributed by atoms with Gasteiger partial charge in [0, 0.05) is 35.3 Å². The van der Waals surface area contributed by atoms with Gasteiger partial charge in [-0.05, 0) is 72.5 Å². The van der Waals surface area contributed by atoms with Crippen LogP contribution in [0.3, 0.4) is 0 Å². The highest BCUT2D eigenvalue weighted by atomic mass is 35.5. The SMILES string of the molecule is CCC(COc1ccc(C#Cc2ccc(Cl)cc2)cc1C)NCc1ccc(CN)cc1. The van der Waals surface area contributed by atoms with Crippen molar-refractivity contribution in [1.29, 1.82) is 0 Å². The molecule has 0 spiro atoms. The predicted octanol–water partition coefficient (Wildman–Crippen LogP) is 5.45. The van der Waals surface area contributed by atoms with Gasteiger partial charge in [-0.1, -0.05) is 54.6 Å². The Labute approximate surface area is 190 Å². The molecule has 0 radical (unpaired) electrons. The Bertz CT molecular complexity index is 1030. The molecule has 0 heterocycles. The van der Waals surface area contributed by atoms with Gasteiger partial charge in [0.2, 0.25) is 0 Å². The third-order valence-corrected chi connectivity index (χ3v) is 5.41. The molecular formula is C27H29ClN2O. The van der Waals surface area contributed by atoms with E-state index < -0.39 is 0 Å². The van der Waals surface area contributed by atoms with Crippen molar-refractivity contribution < 1.29 is 4.74 Å². The molecule has 1 atom stereocenters. The number of halogens is 1. The lowest BCUT2D eigenvalue weighted by atomic mass is 10.1. The van der Waals surface area contributed by atoms with Crippen molar-refractivity contribution in [2.24, 2.45) is 5.73 Å². The normalized spacial score (nSPS) is 11.5. The number of nitrogens with one attached hydrogen (secondary N) is 1. The van der Waals surface area contributed by atoms with E-state index >= 15 is 0 Å². The summed E-state index contributed by atoms with van der Waals surface area (Å²) < 4.78 is 6.10. The summed E-state index contributed by atoms with van der Waals surface area (Å²) in [6.07, 6.45) is 0.991. The van der Waals surface area contributed by atoms with Gasteiger partial charge in [-0.2, -0.15) is 0 Å². The molecular weight excluding hydrogens is 404 g/mol. The highest BCUT2D eigenvalue weighted by Crippen LogP contribution is 2.19. The first kappa shape index (κ1) is 22.9. The summed E-state index contributed by atoms with van der Waals surface area (Å²) in [4.78, 5) is 0. The Morgan fingerprint density at radius 3 is 2.23 bits per heavy atom. The number of hydrogen-bond donors (Lipinski definition) is 2. The Kier molecular flexibility index (Phi) is 8.55. The lowest BCUT2D eigenvalue weighted by molar-refractivity contribution is 0.258. The quantitative estimate of drug-likeness (QED) is 0.465. The van der Waals surface area contributed by atoms with Crippen LogP contribution >= 0.6 is 11.6 Å². The molecule has 3 N–H and O–H groups in total. The molecule has 3 rings (SSSR count). The fourth-order valence-corrected chi connectivity index (χ4v) is 3.26. The Hall–Kier alpha value is -2.77. The zero-order valence-corrected chi connectivity index (χ0v) is 18.9. The van der Waals surface area contributed by atoms with E-state index in [2.05, 4.69) is 61.3 Å². The van der Waals surface area contributed by atoms with E-state index in [0.717, 1.165) is 41.0 Å². The van der Waals surface area contributed by atoms with Gasteiger partial charge in [0.1, 0.15) is 12.4 Å². The van der Waals surface area contributed by atoms with Crippen molar-refractivity contribution in [2.45, 2.75) is 39.4 Å². The molecule has 0 aliphatic carbocycles. The monoisotopic (exact) mass is 432 g/mol. The van der Waals surface area contributed by atoms with E-state index in [4.69, 9.17) is 22.1 Å². The zero-order chi connectivity index (χ0) is 22.1. The average Bonchev–Trinajstić information content (AvgIpc) is 2.80. The number of hydrogen-bond acceptors (Lipinski definition) is 3. The van der Waals surface area contributed by atoms with Crippen molar-refractivity contribution in [3.8, 4) is 17.6 Å². The molecule has 0 aliphatic heterocycles. The molecule has 0 saturated carbocycles. The van der Waals surface area contributed by atoms with E-state index in [1.807, 2.05) is 36.4 Å². The Morgan fingerprint density at radius 2 is 1.58 bits per heavy atom. The Morgan fingerprint density at radius 1 is 0.935 bits per heavy atom. The molecule has 0 aliphatic rings. The van der Waals surface area contributed by atoms with Crippen LogP contribution in [0.25, 0.3) is 0 Å². The maximum atomic E-state index is 6.10. The third-order valence-electron chi connectivity index (χ3n) is 5.16. The molecule has 3 aromatic carbocycles. The van der Waals surface area contributed by atoms with Crippen LogP contribution < -0.4 is 15.8 Å². The number of nitrogens with two attached hydrogens (primary N) is 1. The van der Waals surface area contributed by atoms with Crippen LogP contribution in [0.4, 0.5) is 0 Å². The smallest absolute Gasteiger partial charge is 0.122 e. The minimum Gasteiger partial charge on any atom is -0.492 e. The molecule has 160 valence electrons. The van der Waals surface area contributed by atoms with E-state index in [1.54, 1.807) is 0 Å². The zero-order valence-electron chi connectivity index (χ0n) is 18.1. The first-order valence-electron chi connectivity index (χ1n) is 10.6. The van der Waals surface area contributed by atoms with Gasteiger partial charge in [0.15, 0.2) is 0 Å². The summed E-state index contributed by atoms with van der Waals surface area (Å²) in [5.74, 6) is 7.26. The van der Waals surface area contributed by atoms with Gasteiger partial charge in [-0.25, -0.2) is 0 Å². The molecule has 0 bridgehead atoms. The standard InChI is InChI=1S/C27H29ClN2O/c1-3-26(30-18-24-8-6-23(17-29)7-9-24)19-31-27-15-12-22(16-20(27)2)5-4-21-10-13-25(28)14-11-21/h6-16,26,30H,3,17-19,29H2,1-2H3. The number of aryl methyl sites for hydroxylation is 1. The fraction of sp³-hybridized carbons (Fsp3) is 0.259. The molecule has 3 nitrogen and oxygen atoms in total. The Balaban J connectivity index is 1.54. The van der Waals surface area contributed by atoms with E-state index in [9.17, 15) is 0 Å². The average molecular weight is 433 g/mol. The van der Waals surface area contributed by atoms with Crippen LogP contribution in [0.15, 0.2) is 66.7 Å². The number of benzene rings is 3. The van der Waals surface area contributed by atoms with Crippen LogP contribution in [0, 0.1) is 18.8 Å². The summed E-state index contributed by atoms with van der Waals surface area (Å²) >= 11 is 5.92. The summed E-state index contributed by atoms with van der Waals surface area (Å²) in [5.41, 5.74) is 11.0. The lowest BCUT2D eigenvalue weighted by Gasteiger charge is -2.19. The summed E-state index contributed by atoms with van der Waals surface area (Å²) in [5, 5.41) is 4.29. The second-order valence-electron chi connectivity index (χ2n) is 7.55. The van der Waals surface area contributed by atoms with Gasteiger partial charge in [0.05, 0.1) is 0 Å². The highest BCUT2D eigenvalue weighted by Gasteiger charge is 2.08. The van der Waals surface area contributed by atoms with Gasteiger partial charge < -0.3 is 15.8 Å². The first-order chi connectivity index (χ1) is 15.1. The van der Waals surface area contributed by atoms with E-state index in [-0.39, 0.29) is 6.04 Å². The number of rotatable bonds is 8. The highest BCUT2D eigenvalue weighted by molar-refractivity contribution is 6.30. The molecule has 4 heteroatoms. The van der Waals surface area contributed by atoms with Crippen LogP contribution in [0.2, 0.25) is 5.02 Å². The van der Waals surface area contributed by atoms with E-state index in [0.29, 0.717) is 18.2 Å². The number of ether oxygens (including phenoxy) is 1. The second-order valence-corrected chi connectivity index (χ2v) is 7.99. The minimum absolute atomic E-state index is 0.276. The molecule has 31 heavy (non-hydrogen) atoms. The van der Waals surface area contributed by atoms with Crippen molar-refractivity contribution in [3.05, 3.63) is 99.6 Å². The molecule has 0 saturated heterocycles. The van der Waals surface area contributed by atoms with Crippen molar-refractivity contribution in [2.75, 3.05) is 6.61 Å². The summed E-state index contributed by atoms with van der Waals surface area (Å²) in [7, 11) is 0. The largest absolute Gasteiger partial charge is 0.492 e. The van der Waals surface area contributed by atoms with Gasteiger partial charge in [-0.3, -0.25) is 0 Å². The van der Waals surface area contributed by atoms with Gasteiger partial charge in [-0.15, -0.1) is 0 Å². The maximum Gasteiger partial charge on any atom is 0.122 e. The van der Waals surface area contributed by atoms with Crippen LogP contribution in [-0.2, 0) is 13.1 Å². The van der Waals surface area contributed by atoms with Crippen LogP contribution in [0.5, 0.6) is 5.75 Å². The molecule has 0 aromatic heterocycles. The topological polar surface area (TPSA) is 47.3 Å². The van der Waals surface area contributed by atoms with Crippen molar-refractivity contribution >= 4 is 11.6 Å². The third kappa shape index (κ3) is 7.15. The first-order valence-corrected chi connectivity index (χ1v) is 11.0. The van der Waals surface area contributed by atoms with Crippen molar-refractivity contribution in [3.63, 3.8) is 0 Å². The molecule has 0 amide bonds. The van der Waals surface area contributed by atoms with Gasteiger partial charge >= 0.3 is 0 Å². The molecule has 0 fully saturated rings. The fourth-order valence-electron chi connectivity index (χ4n) is 3.13. The van der Waals surface area contributed by atoms with Crippen LogP contribution in [-0.4, -0.2) is 12.6 Å². The predicted molar refractivity (Wildman–Crippen MR) is 129 cm³/mol. The maximum absolute atomic E-state index is 6.10. The minimum atomic E-state index is 0.276. The summed E-state index contributed by atoms with van der Waals surface area (Å²) in [6.45, 7) is 6.22. The summed E-state index contributed by atoms with van der Waals surface area (Å²) in [6, 6.07) is 22.3. The van der Waals surface area contributed by atoms with Crippen LogP contribution in [0.1, 0.15) is 41.2 Å². The molecule has 1 unspecified atom stereocenters. The van der Waals surface area contributed by atoms with Crippen molar-refractivity contribution in [1.82, 2.24) is 5.32 Å².